The summed E-state index contributed by atoms with van der Waals surface area (Å²) in [5.41, 5.74) is 0. The summed E-state index contributed by atoms with van der Waals surface area (Å²) in [5.74, 6) is -0.634. The van der Waals surface area contributed by atoms with E-state index < -0.39 is 28.5 Å². The monoisotopic (exact) mass is 368 g/mol. The van der Waals surface area contributed by atoms with Crippen LogP contribution in [0.3, 0.4) is 0 Å². The molecule has 0 bridgehead atoms. The molecule has 1 aliphatic heterocycles. The van der Waals surface area contributed by atoms with Gasteiger partial charge in [0, 0.05) is 9.86 Å². The van der Waals surface area contributed by atoms with Gasteiger partial charge in [0.1, 0.15) is 6.54 Å². The Labute approximate surface area is 128 Å². The van der Waals surface area contributed by atoms with Crippen LogP contribution in [-0.2, 0) is 14.8 Å². The Morgan fingerprint density at radius 2 is 1.71 bits per heavy atom. The number of hydrogen-bond donors (Lipinski definition) is 1. The summed E-state index contributed by atoms with van der Waals surface area (Å²) in [6, 6.07) is 9.02. The maximum absolute atomic E-state index is 12.6. The number of imide groups is 1. The van der Waals surface area contributed by atoms with Gasteiger partial charge in [0.05, 0.1) is 4.90 Å². The zero-order valence-electron chi connectivity index (χ0n) is 10.5. The van der Waals surface area contributed by atoms with E-state index in [9.17, 15) is 18.0 Å². The summed E-state index contributed by atoms with van der Waals surface area (Å²) < 4.78 is 26.5. The Balaban J connectivity index is 2.23. The molecule has 1 saturated heterocycles. The molecular formula is C13H9BrN2O4S. The minimum atomic E-state index is -4.08. The first-order valence-electron chi connectivity index (χ1n) is 5.95. The lowest BCUT2D eigenvalue weighted by Crippen LogP contribution is -2.34. The summed E-state index contributed by atoms with van der Waals surface area (Å²) in [5, 5.41) is 3.16. The summed E-state index contributed by atoms with van der Waals surface area (Å²) in [6.45, 7) is -0.494. The molecule has 6 nitrogen and oxygen atoms in total. The standard InChI is InChI=1S/C13H9BrN2O4S/c14-10-5-6-11(9-4-2-1-3-8(9)10)21(19,20)16-7-12(17)15-13(16)18/h1-6H,7H2,(H,15,17,18). The van der Waals surface area contributed by atoms with Gasteiger partial charge >= 0.3 is 6.03 Å². The normalized spacial score (nSPS) is 15.6. The third-order valence-electron chi connectivity index (χ3n) is 3.16. The summed E-state index contributed by atoms with van der Waals surface area (Å²) in [4.78, 5) is 22.8. The second-order valence-corrected chi connectivity index (χ2v) is 7.14. The van der Waals surface area contributed by atoms with E-state index in [1.165, 1.54) is 6.07 Å². The number of hydrogen-bond acceptors (Lipinski definition) is 4. The number of rotatable bonds is 2. The van der Waals surface area contributed by atoms with Crippen LogP contribution in [0.25, 0.3) is 10.8 Å². The molecule has 8 heteroatoms. The summed E-state index contributed by atoms with van der Waals surface area (Å²) >= 11 is 3.36. The van der Waals surface area contributed by atoms with Crippen LogP contribution in [0.5, 0.6) is 0 Å². The maximum atomic E-state index is 12.6. The van der Waals surface area contributed by atoms with E-state index in [0.29, 0.717) is 15.1 Å². The highest BCUT2D eigenvalue weighted by molar-refractivity contribution is 9.10. The fraction of sp³-hybridized carbons (Fsp3) is 0.0769. The lowest BCUT2D eigenvalue weighted by atomic mass is 10.1. The molecule has 3 amide bonds. The highest BCUT2D eigenvalue weighted by atomic mass is 79.9. The van der Waals surface area contributed by atoms with Crippen molar-refractivity contribution >= 4 is 48.7 Å². The topological polar surface area (TPSA) is 83.6 Å². The predicted octanol–water partition coefficient (Wildman–Crippen LogP) is 1.84. The first kappa shape index (κ1) is 14.0. The SMILES string of the molecule is O=C1CN(S(=O)(=O)c2ccc(Br)c3ccccc23)C(=O)N1. The van der Waals surface area contributed by atoms with Crippen LogP contribution in [0, 0.1) is 0 Å². The highest BCUT2D eigenvalue weighted by Crippen LogP contribution is 2.31. The Morgan fingerprint density at radius 1 is 1.05 bits per heavy atom. The number of amides is 3. The van der Waals surface area contributed by atoms with E-state index in [4.69, 9.17) is 0 Å². The third-order valence-corrected chi connectivity index (χ3v) is 5.64. The van der Waals surface area contributed by atoms with Crippen LogP contribution in [0.4, 0.5) is 4.79 Å². The number of fused-ring (bicyclic) bond motifs is 1. The molecule has 0 unspecified atom stereocenters. The van der Waals surface area contributed by atoms with E-state index in [1.54, 1.807) is 30.3 Å². The van der Waals surface area contributed by atoms with Gasteiger partial charge in [0.25, 0.3) is 10.0 Å². The number of urea groups is 1. The van der Waals surface area contributed by atoms with Crippen molar-refractivity contribution in [3.8, 4) is 0 Å². The molecule has 21 heavy (non-hydrogen) atoms. The molecule has 1 N–H and O–H groups in total. The Bertz CT molecular complexity index is 879. The minimum Gasteiger partial charge on any atom is -0.275 e. The number of nitrogens with zero attached hydrogens (tertiary/aromatic N) is 1. The molecule has 0 atom stereocenters. The van der Waals surface area contributed by atoms with Gasteiger partial charge in [0.2, 0.25) is 5.91 Å². The molecule has 1 heterocycles. The van der Waals surface area contributed by atoms with Crippen LogP contribution >= 0.6 is 15.9 Å². The Hall–Kier alpha value is -1.93. The van der Waals surface area contributed by atoms with Crippen molar-refractivity contribution < 1.29 is 18.0 Å². The molecule has 1 fully saturated rings. The molecule has 3 rings (SSSR count). The predicted molar refractivity (Wildman–Crippen MR) is 79.1 cm³/mol. The largest absolute Gasteiger partial charge is 0.338 e. The fourth-order valence-electron chi connectivity index (χ4n) is 2.20. The van der Waals surface area contributed by atoms with Crippen molar-refractivity contribution in [2.24, 2.45) is 0 Å². The molecule has 2 aromatic rings. The second kappa shape index (κ2) is 4.81. The van der Waals surface area contributed by atoms with Crippen LogP contribution in [0.1, 0.15) is 0 Å². The number of sulfonamides is 1. The van der Waals surface area contributed by atoms with E-state index in [0.717, 1.165) is 4.47 Å². The Morgan fingerprint density at radius 3 is 2.33 bits per heavy atom. The van der Waals surface area contributed by atoms with Crippen molar-refractivity contribution in [3.05, 3.63) is 40.9 Å². The van der Waals surface area contributed by atoms with Crippen LogP contribution in [-0.4, -0.2) is 31.2 Å². The Kier molecular flexibility index (Phi) is 3.22. The van der Waals surface area contributed by atoms with Crippen LogP contribution in [0.15, 0.2) is 45.8 Å². The number of benzene rings is 2. The van der Waals surface area contributed by atoms with E-state index in [-0.39, 0.29) is 4.90 Å². The third kappa shape index (κ3) is 2.20. The van der Waals surface area contributed by atoms with Crippen molar-refractivity contribution in [1.29, 1.82) is 0 Å². The molecule has 0 radical (unpaired) electrons. The zero-order chi connectivity index (χ0) is 15.2. The average molecular weight is 369 g/mol. The van der Waals surface area contributed by atoms with Gasteiger partial charge in [0.15, 0.2) is 0 Å². The molecule has 0 spiro atoms. The zero-order valence-corrected chi connectivity index (χ0v) is 12.9. The number of halogens is 1. The van der Waals surface area contributed by atoms with Crippen molar-refractivity contribution in [2.45, 2.75) is 4.90 Å². The fourth-order valence-corrected chi connectivity index (χ4v) is 4.16. The van der Waals surface area contributed by atoms with E-state index in [2.05, 4.69) is 15.9 Å². The number of carbonyl (C=O) groups excluding carboxylic acids is 2. The molecule has 0 aliphatic carbocycles. The van der Waals surface area contributed by atoms with E-state index in [1.807, 2.05) is 5.32 Å². The molecular weight excluding hydrogens is 360 g/mol. The van der Waals surface area contributed by atoms with Crippen molar-refractivity contribution in [2.75, 3.05) is 6.54 Å². The lowest BCUT2D eigenvalue weighted by Gasteiger charge is -2.16. The lowest BCUT2D eigenvalue weighted by molar-refractivity contribution is -0.118. The maximum Gasteiger partial charge on any atom is 0.338 e. The number of nitrogens with one attached hydrogen (secondary N) is 1. The smallest absolute Gasteiger partial charge is 0.275 e. The summed E-state index contributed by atoms with van der Waals surface area (Å²) in [7, 11) is -4.08. The van der Waals surface area contributed by atoms with E-state index >= 15 is 0 Å². The molecule has 108 valence electrons. The molecule has 0 saturated carbocycles. The summed E-state index contributed by atoms with van der Waals surface area (Å²) in [6.07, 6.45) is 0. The molecule has 2 aromatic carbocycles. The van der Waals surface area contributed by atoms with Gasteiger partial charge in [-0.3, -0.25) is 10.1 Å². The highest BCUT2D eigenvalue weighted by Gasteiger charge is 2.38. The first-order valence-corrected chi connectivity index (χ1v) is 8.18. The van der Waals surface area contributed by atoms with Crippen LogP contribution in [0.2, 0.25) is 0 Å². The quantitative estimate of drug-likeness (QED) is 0.819. The van der Waals surface area contributed by atoms with Gasteiger partial charge in [-0.1, -0.05) is 40.2 Å². The van der Waals surface area contributed by atoms with Crippen LogP contribution < -0.4 is 5.32 Å². The first-order chi connectivity index (χ1) is 9.91. The number of carbonyl (C=O) groups is 2. The van der Waals surface area contributed by atoms with Crippen molar-refractivity contribution in [1.82, 2.24) is 9.62 Å². The molecule has 0 aromatic heterocycles. The van der Waals surface area contributed by atoms with Gasteiger partial charge < -0.3 is 0 Å². The van der Waals surface area contributed by atoms with Gasteiger partial charge in [-0.2, -0.15) is 0 Å². The van der Waals surface area contributed by atoms with Gasteiger partial charge in [-0.25, -0.2) is 17.5 Å². The van der Waals surface area contributed by atoms with Crippen molar-refractivity contribution in [3.63, 3.8) is 0 Å². The van der Waals surface area contributed by atoms with Gasteiger partial charge in [-0.15, -0.1) is 0 Å². The minimum absolute atomic E-state index is 0.00819. The second-order valence-electron chi connectivity index (χ2n) is 4.46. The average Bonchev–Trinajstić information content (AvgIpc) is 2.79. The van der Waals surface area contributed by atoms with Gasteiger partial charge in [-0.05, 0) is 17.5 Å². The molecule has 1 aliphatic rings.